The Morgan fingerprint density at radius 1 is 1.06 bits per heavy atom. The van der Waals surface area contributed by atoms with Crippen LogP contribution in [0.4, 0.5) is 4.39 Å². The summed E-state index contributed by atoms with van der Waals surface area (Å²) in [5, 5.41) is 0. The van der Waals surface area contributed by atoms with Crippen molar-refractivity contribution in [3.8, 4) is 17.2 Å². The van der Waals surface area contributed by atoms with Gasteiger partial charge in [0.1, 0.15) is 6.17 Å². The Bertz CT molecular complexity index is 435. The zero-order chi connectivity index (χ0) is 13.1. The SMILES string of the molecule is COc1cc(C=C2CC(F)C2)cc(OC)c1OC. The average Bonchev–Trinajstić information content (AvgIpc) is 2.35. The molecule has 0 heterocycles. The lowest BCUT2D eigenvalue weighted by atomic mass is 9.88. The van der Waals surface area contributed by atoms with Gasteiger partial charge < -0.3 is 14.2 Å². The van der Waals surface area contributed by atoms with Crippen molar-refractivity contribution in [2.45, 2.75) is 19.0 Å². The lowest BCUT2D eigenvalue weighted by Gasteiger charge is -2.22. The highest BCUT2D eigenvalue weighted by molar-refractivity contribution is 5.64. The molecule has 18 heavy (non-hydrogen) atoms. The van der Waals surface area contributed by atoms with Crippen molar-refractivity contribution in [1.29, 1.82) is 0 Å². The standard InChI is InChI=1S/C14H17FO3/c1-16-12-7-10(4-9-5-11(15)6-9)8-13(17-2)14(12)18-3/h4,7-8,11H,5-6H2,1-3H3. The number of methoxy groups -OCH3 is 3. The molecule has 0 N–H and O–H groups in total. The van der Waals surface area contributed by atoms with Crippen LogP contribution in [0.25, 0.3) is 6.08 Å². The molecule has 98 valence electrons. The van der Waals surface area contributed by atoms with Crippen molar-refractivity contribution in [2.75, 3.05) is 21.3 Å². The molecule has 0 aliphatic heterocycles. The van der Waals surface area contributed by atoms with Crippen LogP contribution in [0.2, 0.25) is 0 Å². The molecule has 0 unspecified atom stereocenters. The Hall–Kier alpha value is -1.71. The maximum atomic E-state index is 12.8. The van der Waals surface area contributed by atoms with Gasteiger partial charge in [0.05, 0.1) is 21.3 Å². The van der Waals surface area contributed by atoms with Gasteiger partial charge in [0.2, 0.25) is 5.75 Å². The van der Waals surface area contributed by atoms with E-state index in [1.54, 1.807) is 21.3 Å². The number of alkyl halides is 1. The van der Waals surface area contributed by atoms with Gasteiger partial charge in [0.15, 0.2) is 11.5 Å². The van der Waals surface area contributed by atoms with Gasteiger partial charge in [-0.25, -0.2) is 4.39 Å². The van der Waals surface area contributed by atoms with Gasteiger partial charge in [0.25, 0.3) is 0 Å². The quantitative estimate of drug-likeness (QED) is 0.823. The molecule has 0 bridgehead atoms. The summed E-state index contributed by atoms with van der Waals surface area (Å²) in [6.45, 7) is 0. The van der Waals surface area contributed by atoms with Crippen LogP contribution in [0.3, 0.4) is 0 Å². The largest absolute Gasteiger partial charge is 0.493 e. The molecule has 1 aromatic carbocycles. The summed E-state index contributed by atoms with van der Waals surface area (Å²) in [7, 11) is 4.72. The molecule has 0 spiro atoms. The van der Waals surface area contributed by atoms with E-state index in [4.69, 9.17) is 14.2 Å². The summed E-state index contributed by atoms with van der Waals surface area (Å²) < 4.78 is 28.5. The number of allylic oxidation sites excluding steroid dienone is 1. The highest BCUT2D eigenvalue weighted by Crippen LogP contribution is 2.40. The first-order chi connectivity index (χ1) is 8.67. The minimum absolute atomic E-state index is 0.524. The minimum atomic E-state index is -0.682. The van der Waals surface area contributed by atoms with Crippen LogP contribution < -0.4 is 14.2 Å². The Balaban J connectivity index is 2.34. The molecule has 1 fully saturated rings. The van der Waals surface area contributed by atoms with Crippen molar-refractivity contribution >= 4 is 6.08 Å². The van der Waals surface area contributed by atoms with Crippen molar-refractivity contribution in [1.82, 2.24) is 0 Å². The van der Waals surface area contributed by atoms with E-state index in [0.717, 1.165) is 11.1 Å². The predicted molar refractivity (Wildman–Crippen MR) is 68.2 cm³/mol. The lowest BCUT2D eigenvalue weighted by molar-refractivity contribution is 0.274. The molecular weight excluding hydrogens is 235 g/mol. The average molecular weight is 252 g/mol. The number of hydrogen-bond acceptors (Lipinski definition) is 3. The first-order valence-electron chi connectivity index (χ1n) is 5.81. The van der Waals surface area contributed by atoms with Crippen molar-refractivity contribution in [3.63, 3.8) is 0 Å². The van der Waals surface area contributed by atoms with Crippen LogP contribution in [0.15, 0.2) is 17.7 Å². The molecule has 4 heteroatoms. The normalized spacial score (nSPS) is 18.0. The highest BCUT2D eigenvalue weighted by atomic mass is 19.1. The molecule has 1 aromatic rings. The second-order valence-electron chi connectivity index (χ2n) is 4.27. The monoisotopic (exact) mass is 252 g/mol. The summed E-state index contributed by atoms with van der Waals surface area (Å²) in [5.74, 6) is 1.79. The molecular formula is C14H17FO3. The van der Waals surface area contributed by atoms with Gasteiger partial charge >= 0.3 is 0 Å². The van der Waals surface area contributed by atoms with E-state index in [1.807, 2.05) is 18.2 Å². The topological polar surface area (TPSA) is 27.7 Å². The Kier molecular flexibility index (Phi) is 3.75. The molecule has 1 saturated carbocycles. The van der Waals surface area contributed by atoms with E-state index in [2.05, 4.69) is 0 Å². The molecule has 0 atom stereocenters. The fourth-order valence-corrected chi connectivity index (χ4v) is 2.05. The molecule has 3 nitrogen and oxygen atoms in total. The van der Waals surface area contributed by atoms with E-state index >= 15 is 0 Å². The van der Waals surface area contributed by atoms with Crippen LogP contribution in [0, 0.1) is 0 Å². The van der Waals surface area contributed by atoms with Gasteiger partial charge in [-0.3, -0.25) is 0 Å². The van der Waals surface area contributed by atoms with E-state index in [1.165, 1.54) is 0 Å². The summed E-state index contributed by atoms with van der Waals surface area (Å²) >= 11 is 0. The Morgan fingerprint density at radius 2 is 1.61 bits per heavy atom. The zero-order valence-corrected chi connectivity index (χ0v) is 10.8. The third-order valence-electron chi connectivity index (χ3n) is 3.03. The lowest BCUT2D eigenvalue weighted by Crippen LogP contribution is -2.14. The van der Waals surface area contributed by atoms with E-state index in [0.29, 0.717) is 30.1 Å². The molecule has 0 radical (unpaired) electrons. The van der Waals surface area contributed by atoms with Gasteiger partial charge in [-0.05, 0) is 17.7 Å². The third kappa shape index (κ3) is 2.42. The van der Waals surface area contributed by atoms with Crippen molar-refractivity contribution in [2.24, 2.45) is 0 Å². The van der Waals surface area contributed by atoms with Crippen LogP contribution >= 0.6 is 0 Å². The number of ether oxygens (including phenoxy) is 3. The zero-order valence-electron chi connectivity index (χ0n) is 10.8. The van der Waals surface area contributed by atoms with Crippen LogP contribution in [0.5, 0.6) is 17.2 Å². The fraction of sp³-hybridized carbons (Fsp3) is 0.429. The Labute approximate surface area is 106 Å². The molecule has 0 saturated heterocycles. The third-order valence-corrected chi connectivity index (χ3v) is 3.03. The molecule has 2 rings (SSSR count). The first-order valence-corrected chi connectivity index (χ1v) is 5.81. The number of rotatable bonds is 4. The van der Waals surface area contributed by atoms with Gasteiger partial charge in [-0.15, -0.1) is 0 Å². The summed E-state index contributed by atoms with van der Waals surface area (Å²) in [5.41, 5.74) is 2.04. The van der Waals surface area contributed by atoms with E-state index < -0.39 is 6.17 Å². The van der Waals surface area contributed by atoms with Crippen LogP contribution in [-0.2, 0) is 0 Å². The molecule has 1 aliphatic rings. The van der Waals surface area contributed by atoms with Crippen molar-refractivity contribution < 1.29 is 18.6 Å². The summed E-state index contributed by atoms with van der Waals surface area (Å²) in [6, 6.07) is 3.72. The summed E-state index contributed by atoms with van der Waals surface area (Å²) in [4.78, 5) is 0. The van der Waals surface area contributed by atoms with Gasteiger partial charge in [-0.2, -0.15) is 0 Å². The predicted octanol–water partition coefficient (Wildman–Crippen LogP) is 3.23. The van der Waals surface area contributed by atoms with Crippen LogP contribution in [0.1, 0.15) is 18.4 Å². The second kappa shape index (κ2) is 5.29. The van der Waals surface area contributed by atoms with Crippen LogP contribution in [-0.4, -0.2) is 27.5 Å². The molecule has 0 aromatic heterocycles. The van der Waals surface area contributed by atoms with Crippen molar-refractivity contribution in [3.05, 3.63) is 23.3 Å². The maximum Gasteiger partial charge on any atom is 0.203 e. The fourth-order valence-electron chi connectivity index (χ4n) is 2.05. The van der Waals surface area contributed by atoms with E-state index in [-0.39, 0.29) is 0 Å². The van der Waals surface area contributed by atoms with E-state index in [9.17, 15) is 4.39 Å². The smallest absolute Gasteiger partial charge is 0.203 e. The number of benzene rings is 1. The molecule has 0 amide bonds. The molecule has 1 aliphatic carbocycles. The highest BCUT2D eigenvalue weighted by Gasteiger charge is 2.22. The number of hydrogen-bond donors (Lipinski definition) is 0. The van der Waals surface area contributed by atoms with Gasteiger partial charge in [-0.1, -0.05) is 11.6 Å². The van der Waals surface area contributed by atoms with Gasteiger partial charge in [0, 0.05) is 12.8 Å². The Morgan fingerprint density at radius 3 is 2.00 bits per heavy atom. The second-order valence-corrected chi connectivity index (χ2v) is 4.27. The minimum Gasteiger partial charge on any atom is -0.493 e. The maximum absolute atomic E-state index is 12.8. The first kappa shape index (κ1) is 12.7. The number of halogens is 1. The summed E-state index contributed by atoms with van der Waals surface area (Å²) in [6.07, 6.45) is 2.34.